The SMILES string of the molecule is CC(C)(C)OC(=O)CC(O)c1ccccc1F. The molecular formula is C13H17FO3. The predicted octanol–water partition coefficient (Wildman–Crippen LogP) is 2.59. The van der Waals surface area contributed by atoms with Gasteiger partial charge < -0.3 is 9.84 Å². The van der Waals surface area contributed by atoms with E-state index in [1.54, 1.807) is 26.8 Å². The fourth-order valence-corrected chi connectivity index (χ4v) is 1.40. The molecular weight excluding hydrogens is 223 g/mol. The predicted molar refractivity (Wildman–Crippen MR) is 61.8 cm³/mol. The lowest BCUT2D eigenvalue weighted by Gasteiger charge is -2.20. The van der Waals surface area contributed by atoms with Crippen molar-refractivity contribution in [2.75, 3.05) is 0 Å². The van der Waals surface area contributed by atoms with Crippen molar-refractivity contribution in [2.45, 2.75) is 38.9 Å². The summed E-state index contributed by atoms with van der Waals surface area (Å²) >= 11 is 0. The molecule has 4 heteroatoms. The van der Waals surface area contributed by atoms with E-state index in [9.17, 15) is 14.3 Å². The van der Waals surface area contributed by atoms with E-state index in [4.69, 9.17) is 4.74 Å². The van der Waals surface area contributed by atoms with Crippen LogP contribution in [0, 0.1) is 5.82 Å². The van der Waals surface area contributed by atoms with E-state index in [1.807, 2.05) is 0 Å². The molecule has 0 spiro atoms. The van der Waals surface area contributed by atoms with E-state index in [-0.39, 0.29) is 12.0 Å². The van der Waals surface area contributed by atoms with Gasteiger partial charge in [0.15, 0.2) is 0 Å². The van der Waals surface area contributed by atoms with E-state index in [0.29, 0.717) is 0 Å². The van der Waals surface area contributed by atoms with Crippen molar-refractivity contribution < 1.29 is 19.0 Å². The maximum atomic E-state index is 13.3. The van der Waals surface area contributed by atoms with Gasteiger partial charge in [0.05, 0.1) is 12.5 Å². The summed E-state index contributed by atoms with van der Waals surface area (Å²) in [5.41, 5.74) is -0.496. The van der Waals surface area contributed by atoms with Crippen LogP contribution < -0.4 is 0 Å². The lowest BCUT2D eigenvalue weighted by atomic mass is 10.1. The van der Waals surface area contributed by atoms with Gasteiger partial charge in [-0.3, -0.25) is 4.79 Å². The van der Waals surface area contributed by atoms with Gasteiger partial charge in [-0.15, -0.1) is 0 Å². The Labute approximate surface area is 100 Å². The summed E-state index contributed by atoms with van der Waals surface area (Å²) in [5, 5.41) is 9.73. The van der Waals surface area contributed by atoms with Crippen LogP contribution in [-0.4, -0.2) is 16.7 Å². The van der Waals surface area contributed by atoms with Gasteiger partial charge >= 0.3 is 5.97 Å². The Hall–Kier alpha value is -1.42. The molecule has 0 saturated carbocycles. The topological polar surface area (TPSA) is 46.5 Å². The number of carbonyl (C=O) groups excluding carboxylic acids is 1. The van der Waals surface area contributed by atoms with Gasteiger partial charge in [-0.05, 0) is 26.8 Å². The van der Waals surface area contributed by atoms with Crippen molar-refractivity contribution in [1.82, 2.24) is 0 Å². The number of rotatable bonds is 3. The number of hydrogen-bond donors (Lipinski definition) is 1. The molecule has 1 atom stereocenters. The zero-order valence-electron chi connectivity index (χ0n) is 10.2. The summed E-state index contributed by atoms with van der Waals surface area (Å²) in [6, 6.07) is 5.83. The van der Waals surface area contributed by atoms with Gasteiger partial charge in [0.1, 0.15) is 11.4 Å². The standard InChI is InChI=1S/C13H17FO3/c1-13(2,3)17-12(16)8-11(15)9-6-4-5-7-10(9)14/h4-7,11,15H,8H2,1-3H3. The Morgan fingerprint density at radius 3 is 2.53 bits per heavy atom. The summed E-state index contributed by atoms with van der Waals surface area (Å²) in [4.78, 5) is 11.4. The van der Waals surface area contributed by atoms with Crippen molar-refractivity contribution in [3.8, 4) is 0 Å². The summed E-state index contributed by atoms with van der Waals surface area (Å²) in [6.07, 6.45) is -1.43. The summed E-state index contributed by atoms with van der Waals surface area (Å²) in [5.74, 6) is -1.07. The summed E-state index contributed by atoms with van der Waals surface area (Å²) in [6.45, 7) is 5.21. The van der Waals surface area contributed by atoms with Crippen molar-refractivity contribution in [3.63, 3.8) is 0 Å². The molecule has 0 aliphatic carbocycles. The fraction of sp³-hybridized carbons (Fsp3) is 0.462. The Kier molecular flexibility index (Phi) is 4.23. The van der Waals surface area contributed by atoms with Gasteiger partial charge in [-0.2, -0.15) is 0 Å². The van der Waals surface area contributed by atoms with Gasteiger partial charge in [0, 0.05) is 5.56 Å². The Morgan fingerprint density at radius 2 is 2.00 bits per heavy atom. The second-order valence-corrected chi connectivity index (χ2v) is 4.83. The zero-order valence-corrected chi connectivity index (χ0v) is 10.2. The minimum atomic E-state index is -1.17. The largest absolute Gasteiger partial charge is 0.460 e. The number of aliphatic hydroxyl groups excluding tert-OH is 1. The number of ether oxygens (including phenoxy) is 1. The third-order valence-corrected chi connectivity index (χ3v) is 2.04. The number of benzene rings is 1. The lowest BCUT2D eigenvalue weighted by molar-refractivity contribution is -0.157. The van der Waals surface area contributed by atoms with E-state index < -0.39 is 23.5 Å². The molecule has 0 aromatic heterocycles. The molecule has 0 saturated heterocycles. The molecule has 94 valence electrons. The molecule has 0 aliphatic heterocycles. The first-order chi connectivity index (χ1) is 7.79. The van der Waals surface area contributed by atoms with Crippen LogP contribution in [-0.2, 0) is 9.53 Å². The lowest BCUT2D eigenvalue weighted by Crippen LogP contribution is -2.25. The average Bonchev–Trinajstić information content (AvgIpc) is 2.14. The van der Waals surface area contributed by atoms with Crippen LogP contribution >= 0.6 is 0 Å². The van der Waals surface area contributed by atoms with Crippen molar-refractivity contribution >= 4 is 5.97 Å². The average molecular weight is 240 g/mol. The molecule has 1 unspecified atom stereocenters. The number of aliphatic hydroxyl groups is 1. The molecule has 0 heterocycles. The van der Waals surface area contributed by atoms with Crippen LogP contribution in [0.1, 0.15) is 38.9 Å². The summed E-state index contributed by atoms with van der Waals surface area (Å²) < 4.78 is 18.4. The summed E-state index contributed by atoms with van der Waals surface area (Å²) in [7, 11) is 0. The number of carbonyl (C=O) groups is 1. The molecule has 1 aromatic rings. The van der Waals surface area contributed by atoms with Gasteiger partial charge in [-0.1, -0.05) is 18.2 Å². The van der Waals surface area contributed by atoms with Crippen LogP contribution in [0.5, 0.6) is 0 Å². The molecule has 0 aliphatic rings. The second kappa shape index (κ2) is 5.27. The highest BCUT2D eigenvalue weighted by Crippen LogP contribution is 2.21. The first-order valence-electron chi connectivity index (χ1n) is 5.44. The van der Waals surface area contributed by atoms with Crippen LogP contribution in [0.25, 0.3) is 0 Å². The number of halogens is 1. The Bertz CT molecular complexity index is 396. The third-order valence-electron chi connectivity index (χ3n) is 2.04. The highest BCUT2D eigenvalue weighted by molar-refractivity contribution is 5.70. The Morgan fingerprint density at radius 1 is 1.41 bits per heavy atom. The maximum Gasteiger partial charge on any atom is 0.309 e. The van der Waals surface area contributed by atoms with Gasteiger partial charge in [0.2, 0.25) is 0 Å². The normalized spacial score (nSPS) is 13.2. The van der Waals surface area contributed by atoms with E-state index in [2.05, 4.69) is 0 Å². The van der Waals surface area contributed by atoms with Crippen LogP contribution in [0.2, 0.25) is 0 Å². The molecule has 1 N–H and O–H groups in total. The quantitative estimate of drug-likeness (QED) is 0.826. The van der Waals surface area contributed by atoms with E-state index in [0.717, 1.165) is 0 Å². The van der Waals surface area contributed by atoms with Gasteiger partial charge in [0.25, 0.3) is 0 Å². The van der Waals surface area contributed by atoms with Crippen molar-refractivity contribution in [2.24, 2.45) is 0 Å². The fourth-order valence-electron chi connectivity index (χ4n) is 1.40. The maximum absolute atomic E-state index is 13.3. The molecule has 1 aromatic carbocycles. The molecule has 0 amide bonds. The Balaban J connectivity index is 2.64. The van der Waals surface area contributed by atoms with E-state index >= 15 is 0 Å². The highest BCUT2D eigenvalue weighted by Gasteiger charge is 2.21. The second-order valence-electron chi connectivity index (χ2n) is 4.83. The highest BCUT2D eigenvalue weighted by atomic mass is 19.1. The molecule has 0 radical (unpaired) electrons. The van der Waals surface area contributed by atoms with Crippen LogP contribution in [0.4, 0.5) is 4.39 Å². The minimum absolute atomic E-state index is 0.110. The van der Waals surface area contributed by atoms with Crippen molar-refractivity contribution in [3.05, 3.63) is 35.6 Å². The molecule has 0 fully saturated rings. The molecule has 17 heavy (non-hydrogen) atoms. The monoisotopic (exact) mass is 240 g/mol. The molecule has 1 rings (SSSR count). The van der Waals surface area contributed by atoms with Gasteiger partial charge in [-0.25, -0.2) is 4.39 Å². The zero-order chi connectivity index (χ0) is 13.1. The van der Waals surface area contributed by atoms with E-state index in [1.165, 1.54) is 18.2 Å². The third kappa shape index (κ3) is 4.53. The number of hydrogen-bond acceptors (Lipinski definition) is 3. The van der Waals surface area contributed by atoms with Crippen LogP contribution in [0.15, 0.2) is 24.3 Å². The molecule has 3 nitrogen and oxygen atoms in total. The first kappa shape index (κ1) is 13.6. The smallest absolute Gasteiger partial charge is 0.309 e. The minimum Gasteiger partial charge on any atom is -0.460 e. The van der Waals surface area contributed by atoms with Crippen LogP contribution in [0.3, 0.4) is 0 Å². The molecule has 0 bridgehead atoms. The van der Waals surface area contributed by atoms with Crippen molar-refractivity contribution in [1.29, 1.82) is 0 Å². The first-order valence-corrected chi connectivity index (χ1v) is 5.44. The number of esters is 1.